The molecule has 0 bridgehead atoms. The van der Waals surface area contributed by atoms with Gasteiger partial charge >= 0.3 is 5.97 Å². The highest BCUT2D eigenvalue weighted by Gasteiger charge is 2.21. The number of benzene rings is 1. The van der Waals surface area contributed by atoms with Crippen LogP contribution in [0.15, 0.2) is 18.2 Å². The SMILES string of the molecule is Cc1nc2cccc(C(=O)O)c2n1CC1CCOC1. The molecule has 0 aliphatic carbocycles. The summed E-state index contributed by atoms with van der Waals surface area (Å²) in [5, 5.41) is 9.31. The van der Waals surface area contributed by atoms with Crippen molar-refractivity contribution in [1.82, 2.24) is 9.55 Å². The number of aromatic nitrogens is 2. The van der Waals surface area contributed by atoms with E-state index in [9.17, 15) is 9.90 Å². The Morgan fingerprint density at radius 2 is 2.42 bits per heavy atom. The van der Waals surface area contributed by atoms with Crippen LogP contribution in [0, 0.1) is 12.8 Å². The molecular formula is C14H16N2O3. The number of nitrogens with zero attached hydrogens (tertiary/aromatic N) is 2. The number of fused-ring (bicyclic) bond motifs is 1. The molecule has 3 rings (SSSR count). The maximum atomic E-state index is 11.3. The van der Waals surface area contributed by atoms with Crippen LogP contribution in [-0.4, -0.2) is 33.8 Å². The Kier molecular flexibility index (Phi) is 2.98. The van der Waals surface area contributed by atoms with Gasteiger partial charge < -0.3 is 14.4 Å². The van der Waals surface area contributed by atoms with Crippen LogP contribution in [-0.2, 0) is 11.3 Å². The third kappa shape index (κ3) is 2.10. The first-order chi connectivity index (χ1) is 9.16. The number of ether oxygens (including phenoxy) is 1. The summed E-state index contributed by atoms with van der Waals surface area (Å²) in [5.74, 6) is 0.392. The van der Waals surface area contributed by atoms with Crippen LogP contribution in [0.25, 0.3) is 11.0 Å². The van der Waals surface area contributed by atoms with Crippen molar-refractivity contribution < 1.29 is 14.6 Å². The minimum Gasteiger partial charge on any atom is -0.478 e. The molecule has 0 spiro atoms. The number of carboxylic acid groups (broad SMARTS) is 1. The van der Waals surface area contributed by atoms with Crippen LogP contribution in [0.3, 0.4) is 0 Å². The molecule has 0 saturated carbocycles. The Balaban J connectivity index is 2.10. The molecule has 5 nitrogen and oxygen atoms in total. The molecule has 1 aliphatic rings. The van der Waals surface area contributed by atoms with E-state index in [-0.39, 0.29) is 0 Å². The minimum atomic E-state index is -0.908. The number of hydrogen-bond acceptors (Lipinski definition) is 3. The molecule has 2 heterocycles. The lowest BCUT2D eigenvalue weighted by atomic mass is 10.1. The third-order valence-corrected chi connectivity index (χ3v) is 3.65. The van der Waals surface area contributed by atoms with Gasteiger partial charge in [0.25, 0.3) is 0 Å². The van der Waals surface area contributed by atoms with Crippen molar-refractivity contribution in [2.75, 3.05) is 13.2 Å². The average Bonchev–Trinajstić information content (AvgIpc) is 2.98. The number of aromatic carboxylic acids is 1. The third-order valence-electron chi connectivity index (χ3n) is 3.65. The number of carbonyl (C=O) groups is 1. The van der Waals surface area contributed by atoms with E-state index < -0.39 is 5.97 Å². The quantitative estimate of drug-likeness (QED) is 0.917. The predicted octanol–water partition coefficient (Wildman–Crippen LogP) is 2.08. The maximum Gasteiger partial charge on any atom is 0.337 e. The molecule has 0 amide bonds. The smallest absolute Gasteiger partial charge is 0.337 e. The lowest BCUT2D eigenvalue weighted by molar-refractivity contribution is 0.0698. The monoisotopic (exact) mass is 260 g/mol. The summed E-state index contributed by atoms with van der Waals surface area (Å²) < 4.78 is 7.40. The number of imidazole rings is 1. The van der Waals surface area contributed by atoms with Gasteiger partial charge in [0.2, 0.25) is 0 Å². The second kappa shape index (κ2) is 4.66. The Hall–Kier alpha value is -1.88. The summed E-state index contributed by atoms with van der Waals surface area (Å²) in [5.41, 5.74) is 1.78. The number of carboxylic acids is 1. The van der Waals surface area contributed by atoms with Gasteiger partial charge in [0.05, 0.1) is 23.2 Å². The zero-order valence-electron chi connectivity index (χ0n) is 10.8. The van der Waals surface area contributed by atoms with Gasteiger partial charge in [-0.25, -0.2) is 9.78 Å². The molecule has 0 radical (unpaired) electrons. The van der Waals surface area contributed by atoms with Crippen LogP contribution < -0.4 is 0 Å². The minimum absolute atomic E-state index is 0.317. The van der Waals surface area contributed by atoms with Crippen LogP contribution >= 0.6 is 0 Å². The summed E-state index contributed by atoms with van der Waals surface area (Å²) in [7, 11) is 0. The standard InChI is InChI=1S/C14H16N2O3/c1-9-15-12-4-2-3-11(14(17)18)13(12)16(9)7-10-5-6-19-8-10/h2-4,10H,5-8H2,1H3,(H,17,18). The molecule has 5 heteroatoms. The molecule has 100 valence electrons. The lowest BCUT2D eigenvalue weighted by Crippen LogP contribution is -2.13. The summed E-state index contributed by atoms with van der Waals surface area (Å²) in [6.45, 7) is 4.23. The largest absolute Gasteiger partial charge is 0.478 e. The van der Waals surface area contributed by atoms with Crippen molar-refractivity contribution >= 4 is 17.0 Å². The fraction of sp³-hybridized carbons (Fsp3) is 0.429. The first-order valence-electron chi connectivity index (χ1n) is 6.43. The molecule has 1 N–H and O–H groups in total. The van der Waals surface area contributed by atoms with Crippen molar-refractivity contribution in [2.45, 2.75) is 19.9 Å². The molecule has 1 saturated heterocycles. The Labute approximate surface area is 110 Å². The van der Waals surface area contributed by atoms with E-state index in [0.717, 1.165) is 43.0 Å². The number of aryl methyl sites for hydroxylation is 1. The van der Waals surface area contributed by atoms with Gasteiger partial charge in [-0.2, -0.15) is 0 Å². The van der Waals surface area contributed by atoms with Crippen LogP contribution in [0.2, 0.25) is 0 Å². The first kappa shape index (κ1) is 12.2. The van der Waals surface area contributed by atoms with E-state index in [0.29, 0.717) is 11.5 Å². The second-order valence-corrected chi connectivity index (χ2v) is 4.98. The molecule has 1 fully saturated rings. The molecule has 1 atom stereocenters. The summed E-state index contributed by atoms with van der Waals surface area (Å²) in [4.78, 5) is 15.8. The van der Waals surface area contributed by atoms with Crippen molar-refractivity contribution in [1.29, 1.82) is 0 Å². The average molecular weight is 260 g/mol. The van der Waals surface area contributed by atoms with Gasteiger partial charge in [-0.05, 0) is 25.5 Å². The van der Waals surface area contributed by atoms with Gasteiger partial charge in [-0.15, -0.1) is 0 Å². The normalized spacial score (nSPS) is 19.1. The van der Waals surface area contributed by atoms with Gasteiger partial charge in [-0.3, -0.25) is 0 Å². The fourth-order valence-corrected chi connectivity index (χ4v) is 2.68. The predicted molar refractivity (Wildman–Crippen MR) is 70.4 cm³/mol. The van der Waals surface area contributed by atoms with Crippen molar-refractivity contribution in [3.05, 3.63) is 29.6 Å². The van der Waals surface area contributed by atoms with E-state index in [1.54, 1.807) is 12.1 Å². The summed E-state index contributed by atoms with van der Waals surface area (Å²) >= 11 is 0. The van der Waals surface area contributed by atoms with Gasteiger partial charge in [0.15, 0.2) is 0 Å². The van der Waals surface area contributed by atoms with Crippen molar-refractivity contribution in [3.8, 4) is 0 Å². The van der Waals surface area contributed by atoms with E-state index in [1.165, 1.54) is 0 Å². The van der Waals surface area contributed by atoms with E-state index in [2.05, 4.69) is 4.98 Å². The van der Waals surface area contributed by atoms with E-state index in [4.69, 9.17) is 4.74 Å². The van der Waals surface area contributed by atoms with Gasteiger partial charge in [0.1, 0.15) is 5.82 Å². The molecule has 1 aromatic carbocycles. The van der Waals surface area contributed by atoms with Gasteiger partial charge in [0, 0.05) is 19.1 Å². The fourth-order valence-electron chi connectivity index (χ4n) is 2.68. The molecule has 19 heavy (non-hydrogen) atoms. The Morgan fingerprint density at radius 3 is 3.11 bits per heavy atom. The molecule has 1 unspecified atom stereocenters. The summed E-state index contributed by atoms with van der Waals surface area (Å²) in [6.07, 6.45) is 1.02. The topological polar surface area (TPSA) is 64.3 Å². The Bertz CT molecular complexity index is 627. The van der Waals surface area contributed by atoms with Crippen LogP contribution in [0.4, 0.5) is 0 Å². The molecule has 1 aromatic heterocycles. The highest BCUT2D eigenvalue weighted by Crippen LogP contribution is 2.24. The lowest BCUT2D eigenvalue weighted by Gasteiger charge is -2.12. The highest BCUT2D eigenvalue weighted by molar-refractivity contribution is 6.01. The zero-order chi connectivity index (χ0) is 13.4. The van der Waals surface area contributed by atoms with E-state index >= 15 is 0 Å². The molecule has 1 aliphatic heterocycles. The van der Waals surface area contributed by atoms with E-state index in [1.807, 2.05) is 17.6 Å². The second-order valence-electron chi connectivity index (χ2n) is 4.98. The van der Waals surface area contributed by atoms with Crippen molar-refractivity contribution in [2.24, 2.45) is 5.92 Å². The molecular weight excluding hydrogens is 244 g/mol. The van der Waals surface area contributed by atoms with Crippen LogP contribution in [0.5, 0.6) is 0 Å². The summed E-state index contributed by atoms with van der Waals surface area (Å²) in [6, 6.07) is 5.23. The number of hydrogen-bond donors (Lipinski definition) is 1. The number of rotatable bonds is 3. The Morgan fingerprint density at radius 1 is 1.58 bits per heavy atom. The van der Waals surface area contributed by atoms with Crippen molar-refractivity contribution in [3.63, 3.8) is 0 Å². The zero-order valence-corrected chi connectivity index (χ0v) is 10.8. The maximum absolute atomic E-state index is 11.3. The first-order valence-corrected chi connectivity index (χ1v) is 6.43. The van der Waals surface area contributed by atoms with Gasteiger partial charge in [-0.1, -0.05) is 6.07 Å². The van der Waals surface area contributed by atoms with Crippen LogP contribution in [0.1, 0.15) is 22.6 Å². The molecule has 2 aromatic rings. The number of para-hydroxylation sites is 1. The highest BCUT2D eigenvalue weighted by atomic mass is 16.5.